The van der Waals surface area contributed by atoms with Gasteiger partial charge in [0.15, 0.2) is 0 Å². The van der Waals surface area contributed by atoms with E-state index in [2.05, 4.69) is 46.3 Å². The van der Waals surface area contributed by atoms with Gasteiger partial charge in [0.05, 0.1) is 6.10 Å². The molecule has 21 heavy (non-hydrogen) atoms. The predicted octanol–water partition coefficient (Wildman–Crippen LogP) is 4.86. The minimum atomic E-state index is -0.278. The summed E-state index contributed by atoms with van der Waals surface area (Å²) in [6.07, 6.45) is 4.93. The maximum absolute atomic E-state index is 10.5. The number of rotatable bonds is 4. The van der Waals surface area contributed by atoms with Gasteiger partial charge in [-0.05, 0) is 60.8 Å². The zero-order valence-corrected chi connectivity index (χ0v) is 13.7. The number of aryl methyl sites for hydroxylation is 1. The number of aliphatic hydroxyl groups is 1. The van der Waals surface area contributed by atoms with E-state index in [4.69, 9.17) is 0 Å². The molecule has 0 heterocycles. The van der Waals surface area contributed by atoms with Gasteiger partial charge in [0, 0.05) is 4.47 Å². The number of halogens is 1. The van der Waals surface area contributed by atoms with E-state index in [1.165, 1.54) is 36.0 Å². The lowest BCUT2D eigenvalue weighted by Crippen LogP contribution is -2.19. The van der Waals surface area contributed by atoms with E-state index in [9.17, 15) is 5.11 Å². The molecule has 0 aliphatic heterocycles. The van der Waals surface area contributed by atoms with Gasteiger partial charge in [-0.1, -0.05) is 58.4 Å². The van der Waals surface area contributed by atoms with E-state index >= 15 is 0 Å². The van der Waals surface area contributed by atoms with Gasteiger partial charge >= 0.3 is 0 Å². The number of aliphatic hydroxyl groups excluding tert-OH is 1. The van der Waals surface area contributed by atoms with Gasteiger partial charge in [-0.3, -0.25) is 0 Å². The maximum atomic E-state index is 10.5. The molecule has 0 fully saturated rings. The van der Waals surface area contributed by atoms with Crippen molar-refractivity contribution < 1.29 is 5.11 Å². The van der Waals surface area contributed by atoms with Crippen LogP contribution in [0, 0.1) is 0 Å². The lowest BCUT2D eigenvalue weighted by Gasteiger charge is -2.27. The second kappa shape index (κ2) is 6.76. The summed E-state index contributed by atoms with van der Waals surface area (Å²) in [5.41, 5.74) is 4.12. The highest BCUT2D eigenvalue weighted by molar-refractivity contribution is 9.10. The molecule has 0 bridgehead atoms. The molecule has 0 saturated heterocycles. The van der Waals surface area contributed by atoms with Crippen LogP contribution in [0.3, 0.4) is 0 Å². The first-order chi connectivity index (χ1) is 10.2. The van der Waals surface area contributed by atoms with Crippen molar-refractivity contribution in [3.8, 4) is 0 Å². The van der Waals surface area contributed by atoms with Crippen LogP contribution >= 0.6 is 15.9 Å². The number of fused-ring (bicyclic) bond motifs is 1. The van der Waals surface area contributed by atoms with Gasteiger partial charge in [-0.2, -0.15) is 0 Å². The van der Waals surface area contributed by atoms with E-state index < -0.39 is 0 Å². The number of benzene rings is 2. The summed E-state index contributed by atoms with van der Waals surface area (Å²) in [5.74, 6) is 0.507. The van der Waals surface area contributed by atoms with Crippen molar-refractivity contribution in [2.75, 3.05) is 0 Å². The molecule has 0 amide bonds. The molecule has 3 rings (SSSR count). The van der Waals surface area contributed by atoms with Crippen molar-refractivity contribution >= 4 is 15.9 Å². The van der Waals surface area contributed by atoms with E-state index in [0.717, 1.165) is 17.3 Å². The molecular weight excluding hydrogens is 324 g/mol. The Balaban J connectivity index is 1.69. The van der Waals surface area contributed by atoms with Gasteiger partial charge in [-0.25, -0.2) is 0 Å². The molecule has 0 radical (unpaired) electrons. The Bertz CT molecular complexity index is 608. The summed E-state index contributed by atoms with van der Waals surface area (Å²) < 4.78 is 1.09. The van der Waals surface area contributed by atoms with Crippen LogP contribution in [0.4, 0.5) is 0 Å². The fraction of sp³-hybridized carbons (Fsp3) is 0.368. The van der Waals surface area contributed by atoms with Crippen molar-refractivity contribution in [2.24, 2.45) is 0 Å². The predicted molar refractivity (Wildman–Crippen MR) is 90.6 cm³/mol. The van der Waals surface area contributed by atoms with E-state index in [0.29, 0.717) is 5.92 Å². The molecule has 2 atom stereocenters. The molecule has 2 unspecified atom stereocenters. The third kappa shape index (κ3) is 3.56. The molecule has 2 aromatic carbocycles. The third-order valence-electron chi connectivity index (χ3n) is 4.46. The summed E-state index contributed by atoms with van der Waals surface area (Å²) in [7, 11) is 0. The van der Waals surface area contributed by atoms with Crippen molar-refractivity contribution in [3.63, 3.8) is 0 Å². The van der Waals surface area contributed by atoms with Crippen LogP contribution in [0.25, 0.3) is 0 Å². The van der Waals surface area contributed by atoms with E-state index in [-0.39, 0.29) is 6.10 Å². The Hall–Kier alpha value is -1.12. The van der Waals surface area contributed by atoms with Gasteiger partial charge < -0.3 is 5.11 Å². The third-order valence-corrected chi connectivity index (χ3v) is 5.24. The van der Waals surface area contributed by atoms with Crippen molar-refractivity contribution in [2.45, 2.75) is 44.1 Å². The lowest BCUT2D eigenvalue weighted by atomic mass is 9.79. The number of hydrogen-bond acceptors (Lipinski definition) is 1. The summed E-state index contributed by atoms with van der Waals surface area (Å²) >= 11 is 3.56. The number of hydrogen-bond donors (Lipinski definition) is 1. The maximum Gasteiger partial charge on any atom is 0.0586 e. The highest BCUT2D eigenvalue weighted by Gasteiger charge is 2.22. The first kappa shape index (κ1) is 14.8. The minimum Gasteiger partial charge on any atom is -0.393 e. The fourth-order valence-electron chi connectivity index (χ4n) is 3.43. The van der Waals surface area contributed by atoms with Crippen molar-refractivity contribution in [1.29, 1.82) is 0 Å². The van der Waals surface area contributed by atoms with Crippen LogP contribution in [-0.2, 0) is 12.8 Å². The summed E-state index contributed by atoms with van der Waals surface area (Å²) in [6.45, 7) is 0. The standard InChI is InChI=1S/C19H21BrO/c20-19-11-4-2-7-16(19)13-17(21)12-15-9-5-8-14-6-1-3-10-18(14)15/h1-4,6-7,10-11,15,17,21H,5,8-9,12-13H2. The smallest absolute Gasteiger partial charge is 0.0586 e. The molecule has 1 N–H and O–H groups in total. The second-order valence-corrected chi connectivity index (χ2v) is 6.83. The first-order valence-corrected chi connectivity index (χ1v) is 8.52. The van der Waals surface area contributed by atoms with Crippen LogP contribution in [0.5, 0.6) is 0 Å². The topological polar surface area (TPSA) is 20.2 Å². The minimum absolute atomic E-state index is 0.278. The molecule has 1 aliphatic rings. The largest absolute Gasteiger partial charge is 0.393 e. The molecule has 1 aliphatic carbocycles. The van der Waals surface area contributed by atoms with Gasteiger partial charge in [0.2, 0.25) is 0 Å². The summed E-state index contributed by atoms with van der Waals surface area (Å²) in [5, 5.41) is 10.5. The van der Waals surface area contributed by atoms with Crippen molar-refractivity contribution in [1.82, 2.24) is 0 Å². The van der Waals surface area contributed by atoms with Gasteiger partial charge in [-0.15, -0.1) is 0 Å². The van der Waals surface area contributed by atoms with Crippen LogP contribution in [0.1, 0.15) is 41.9 Å². The zero-order valence-electron chi connectivity index (χ0n) is 12.1. The highest BCUT2D eigenvalue weighted by atomic mass is 79.9. The average Bonchev–Trinajstić information content (AvgIpc) is 2.50. The Kier molecular flexibility index (Phi) is 4.77. The Morgan fingerprint density at radius 2 is 1.86 bits per heavy atom. The average molecular weight is 345 g/mol. The van der Waals surface area contributed by atoms with Crippen LogP contribution < -0.4 is 0 Å². The fourth-order valence-corrected chi connectivity index (χ4v) is 3.88. The van der Waals surface area contributed by atoms with Gasteiger partial charge in [0.1, 0.15) is 0 Å². The molecule has 0 aromatic heterocycles. The normalized spacial score (nSPS) is 19.0. The Morgan fingerprint density at radius 1 is 1.10 bits per heavy atom. The monoisotopic (exact) mass is 344 g/mol. The van der Waals surface area contributed by atoms with E-state index in [1.807, 2.05) is 18.2 Å². The van der Waals surface area contributed by atoms with Crippen LogP contribution in [0.15, 0.2) is 53.0 Å². The Labute approximate surface area is 135 Å². The molecule has 1 nitrogen and oxygen atoms in total. The molecule has 0 saturated carbocycles. The van der Waals surface area contributed by atoms with Crippen LogP contribution in [0.2, 0.25) is 0 Å². The summed E-state index contributed by atoms with van der Waals surface area (Å²) in [6, 6.07) is 16.9. The first-order valence-electron chi connectivity index (χ1n) is 7.73. The molecule has 2 heteroatoms. The van der Waals surface area contributed by atoms with Crippen LogP contribution in [-0.4, -0.2) is 11.2 Å². The molecule has 0 spiro atoms. The molecule has 2 aromatic rings. The van der Waals surface area contributed by atoms with Gasteiger partial charge in [0.25, 0.3) is 0 Å². The zero-order chi connectivity index (χ0) is 14.7. The quantitative estimate of drug-likeness (QED) is 0.839. The highest BCUT2D eigenvalue weighted by Crippen LogP contribution is 2.35. The molecular formula is C19H21BrO. The van der Waals surface area contributed by atoms with Crippen molar-refractivity contribution in [3.05, 3.63) is 69.7 Å². The SMILES string of the molecule is OC(Cc1ccccc1Br)CC1CCCc2ccccc21. The lowest BCUT2D eigenvalue weighted by molar-refractivity contribution is 0.152. The van der Waals surface area contributed by atoms with E-state index in [1.54, 1.807) is 0 Å². The second-order valence-electron chi connectivity index (χ2n) is 5.97. The Morgan fingerprint density at radius 3 is 2.71 bits per heavy atom. The summed E-state index contributed by atoms with van der Waals surface area (Å²) in [4.78, 5) is 0. The molecule has 110 valence electrons.